The third kappa shape index (κ3) is 3.55. The molecule has 1 aromatic carbocycles. The highest BCUT2D eigenvalue weighted by Crippen LogP contribution is 2.41. The van der Waals surface area contributed by atoms with Gasteiger partial charge in [-0.3, -0.25) is 9.69 Å². The topological polar surface area (TPSA) is 68.3 Å². The summed E-state index contributed by atoms with van der Waals surface area (Å²) in [7, 11) is 3.20. The lowest BCUT2D eigenvalue weighted by Gasteiger charge is -2.51. The predicted molar refractivity (Wildman–Crippen MR) is 99.9 cm³/mol. The van der Waals surface area contributed by atoms with E-state index in [1.807, 2.05) is 32.9 Å². The standard InChI is InChI=1S/C20H28N2O5/c1-19(2,3)27-18(24)22-10-6-9-20(22)13-21(17(20)23)12-14-7-8-15(25-4)11-16(14)26-5/h7-8,11H,6,9-10,12-13H2,1-5H3/t20-/m1/s1. The molecular weight excluding hydrogens is 348 g/mol. The van der Waals surface area contributed by atoms with E-state index in [-0.39, 0.29) is 5.91 Å². The van der Waals surface area contributed by atoms with Crippen LogP contribution in [0.3, 0.4) is 0 Å². The Morgan fingerprint density at radius 3 is 2.56 bits per heavy atom. The number of likely N-dealkylation sites (tertiary alicyclic amines) is 2. The van der Waals surface area contributed by atoms with E-state index in [2.05, 4.69) is 0 Å². The van der Waals surface area contributed by atoms with Gasteiger partial charge >= 0.3 is 6.09 Å². The van der Waals surface area contributed by atoms with Gasteiger partial charge in [-0.1, -0.05) is 0 Å². The second-order valence-corrected chi connectivity index (χ2v) is 8.11. The lowest BCUT2D eigenvalue weighted by atomic mass is 9.85. The molecule has 0 aliphatic carbocycles. The van der Waals surface area contributed by atoms with E-state index in [0.717, 1.165) is 12.0 Å². The molecule has 27 heavy (non-hydrogen) atoms. The molecule has 7 nitrogen and oxygen atoms in total. The Labute approximate surface area is 160 Å². The largest absolute Gasteiger partial charge is 0.497 e. The van der Waals surface area contributed by atoms with Gasteiger partial charge in [-0.25, -0.2) is 4.79 Å². The van der Waals surface area contributed by atoms with Gasteiger partial charge < -0.3 is 19.1 Å². The van der Waals surface area contributed by atoms with E-state index < -0.39 is 17.2 Å². The van der Waals surface area contributed by atoms with Crippen LogP contribution >= 0.6 is 0 Å². The minimum Gasteiger partial charge on any atom is -0.497 e. The average Bonchev–Trinajstić information content (AvgIpc) is 3.06. The molecule has 2 heterocycles. The fourth-order valence-electron chi connectivity index (χ4n) is 3.82. The third-order valence-corrected chi connectivity index (χ3v) is 5.10. The van der Waals surface area contributed by atoms with Crippen LogP contribution in [0.25, 0.3) is 0 Å². The summed E-state index contributed by atoms with van der Waals surface area (Å²) in [4.78, 5) is 28.9. The van der Waals surface area contributed by atoms with Crippen LogP contribution in [0.1, 0.15) is 39.2 Å². The zero-order valence-electron chi connectivity index (χ0n) is 16.7. The van der Waals surface area contributed by atoms with E-state index in [1.54, 1.807) is 30.1 Å². The lowest BCUT2D eigenvalue weighted by molar-refractivity contribution is -0.161. The molecule has 148 valence electrons. The first-order valence-corrected chi connectivity index (χ1v) is 9.21. The predicted octanol–water partition coefficient (Wildman–Crippen LogP) is 2.82. The van der Waals surface area contributed by atoms with E-state index in [0.29, 0.717) is 37.6 Å². The number of nitrogens with zero attached hydrogens (tertiary/aromatic N) is 2. The minimum atomic E-state index is -0.748. The number of benzene rings is 1. The van der Waals surface area contributed by atoms with Crippen LogP contribution in [0.15, 0.2) is 18.2 Å². The Kier molecular flexibility index (Phi) is 4.97. The van der Waals surface area contributed by atoms with Crippen molar-refractivity contribution in [2.75, 3.05) is 27.3 Å². The molecular formula is C20H28N2O5. The summed E-state index contributed by atoms with van der Waals surface area (Å²) < 4.78 is 16.1. The molecule has 0 bridgehead atoms. The molecule has 1 atom stereocenters. The van der Waals surface area contributed by atoms with Crippen LogP contribution in [-0.2, 0) is 16.1 Å². The molecule has 1 aromatic rings. The van der Waals surface area contributed by atoms with Crippen molar-refractivity contribution < 1.29 is 23.8 Å². The Morgan fingerprint density at radius 2 is 1.96 bits per heavy atom. The van der Waals surface area contributed by atoms with Crippen molar-refractivity contribution in [3.8, 4) is 11.5 Å². The fraction of sp³-hybridized carbons (Fsp3) is 0.600. The lowest BCUT2D eigenvalue weighted by Crippen LogP contribution is -2.72. The molecule has 2 aliphatic heterocycles. The quantitative estimate of drug-likeness (QED) is 0.756. The van der Waals surface area contributed by atoms with Crippen LogP contribution < -0.4 is 9.47 Å². The summed E-state index contributed by atoms with van der Waals surface area (Å²) in [6.45, 7) is 7.01. The summed E-state index contributed by atoms with van der Waals surface area (Å²) >= 11 is 0. The van der Waals surface area contributed by atoms with Gasteiger partial charge in [-0.2, -0.15) is 0 Å². The number of hydrogen-bond donors (Lipinski definition) is 0. The van der Waals surface area contributed by atoms with Gasteiger partial charge in [-0.05, 0) is 45.7 Å². The van der Waals surface area contributed by atoms with E-state index in [1.165, 1.54) is 0 Å². The maximum atomic E-state index is 13.0. The van der Waals surface area contributed by atoms with Gasteiger partial charge in [0.1, 0.15) is 22.6 Å². The van der Waals surface area contributed by atoms with Crippen molar-refractivity contribution in [1.29, 1.82) is 0 Å². The first kappa shape index (κ1) is 19.3. The van der Waals surface area contributed by atoms with Crippen molar-refractivity contribution in [1.82, 2.24) is 9.80 Å². The smallest absolute Gasteiger partial charge is 0.411 e. The summed E-state index contributed by atoms with van der Waals surface area (Å²) in [6.07, 6.45) is 1.08. The van der Waals surface area contributed by atoms with Crippen molar-refractivity contribution in [2.24, 2.45) is 0 Å². The number of rotatable bonds is 4. The monoisotopic (exact) mass is 376 g/mol. The van der Waals surface area contributed by atoms with Gasteiger partial charge in [0.25, 0.3) is 5.91 Å². The normalized spacial score (nSPS) is 22.0. The Bertz CT molecular complexity index is 742. The second kappa shape index (κ2) is 6.94. The highest BCUT2D eigenvalue weighted by Gasteiger charge is 2.60. The molecule has 1 spiro atoms. The second-order valence-electron chi connectivity index (χ2n) is 8.11. The Hall–Kier alpha value is -2.44. The number of methoxy groups -OCH3 is 2. The van der Waals surface area contributed by atoms with Crippen molar-refractivity contribution in [3.05, 3.63) is 23.8 Å². The SMILES string of the molecule is COc1ccc(CN2C[C@]3(CCCN3C(=O)OC(C)(C)C)C2=O)c(OC)c1. The zero-order valence-corrected chi connectivity index (χ0v) is 16.7. The van der Waals surface area contributed by atoms with Crippen LogP contribution in [0.2, 0.25) is 0 Å². The molecule has 2 saturated heterocycles. The van der Waals surface area contributed by atoms with Crippen LogP contribution in [-0.4, -0.2) is 60.2 Å². The van der Waals surface area contributed by atoms with Gasteiger partial charge in [0.05, 0.1) is 20.8 Å². The molecule has 7 heteroatoms. The number of carbonyl (C=O) groups is 2. The van der Waals surface area contributed by atoms with Gasteiger partial charge in [-0.15, -0.1) is 0 Å². The molecule has 0 radical (unpaired) electrons. The molecule has 0 saturated carbocycles. The first-order valence-electron chi connectivity index (χ1n) is 9.21. The van der Waals surface area contributed by atoms with E-state index in [9.17, 15) is 9.59 Å². The molecule has 2 fully saturated rings. The Balaban J connectivity index is 1.71. The fourth-order valence-corrected chi connectivity index (χ4v) is 3.82. The molecule has 3 rings (SSSR count). The number of β-lactam (4-membered cyclic amide) rings is 1. The van der Waals surface area contributed by atoms with Crippen LogP contribution in [0.5, 0.6) is 11.5 Å². The minimum absolute atomic E-state index is 0.0243. The maximum Gasteiger partial charge on any atom is 0.411 e. The van der Waals surface area contributed by atoms with Gasteiger partial charge in [0, 0.05) is 24.7 Å². The van der Waals surface area contributed by atoms with E-state index in [4.69, 9.17) is 14.2 Å². The summed E-state index contributed by atoms with van der Waals surface area (Å²) in [5.41, 5.74) is -0.422. The number of amides is 2. The third-order valence-electron chi connectivity index (χ3n) is 5.10. The van der Waals surface area contributed by atoms with Crippen molar-refractivity contribution in [2.45, 2.75) is 51.3 Å². The summed E-state index contributed by atoms with van der Waals surface area (Å²) in [5, 5.41) is 0. The highest BCUT2D eigenvalue weighted by atomic mass is 16.6. The Morgan fingerprint density at radius 1 is 1.22 bits per heavy atom. The average molecular weight is 376 g/mol. The zero-order chi connectivity index (χ0) is 19.8. The van der Waals surface area contributed by atoms with E-state index >= 15 is 0 Å². The molecule has 2 amide bonds. The van der Waals surface area contributed by atoms with Crippen LogP contribution in [0.4, 0.5) is 4.79 Å². The maximum absolute atomic E-state index is 13.0. The van der Waals surface area contributed by atoms with Crippen LogP contribution in [0, 0.1) is 0 Å². The number of ether oxygens (including phenoxy) is 3. The number of carbonyl (C=O) groups excluding carboxylic acids is 2. The molecule has 0 N–H and O–H groups in total. The number of hydrogen-bond acceptors (Lipinski definition) is 5. The van der Waals surface area contributed by atoms with Crippen molar-refractivity contribution >= 4 is 12.0 Å². The van der Waals surface area contributed by atoms with Crippen molar-refractivity contribution in [3.63, 3.8) is 0 Å². The van der Waals surface area contributed by atoms with Gasteiger partial charge in [0.2, 0.25) is 0 Å². The molecule has 2 aliphatic rings. The van der Waals surface area contributed by atoms with Gasteiger partial charge in [0.15, 0.2) is 0 Å². The molecule has 0 unspecified atom stereocenters. The first-order chi connectivity index (χ1) is 12.7. The summed E-state index contributed by atoms with van der Waals surface area (Å²) in [5.74, 6) is 1.36. The summed E-state index contributed by atoms with van der Waals surface area (Å²) in [6, 6.07) is 5.55. The highest BCUT2D eigenvalue weighted by molar-refractivity contribution is 5.96. The molecule has 0 aromatic heterocycles.